The van der Waals surface area contributed by atoms with Crippen LogP contribution in [0, 0.1) is 0 Å². The Morgan fingerprint density at radius 3 is 2.32 bits per heavy atom. The van der Waals surface area contributed by atoms with Gasteiger partial charge in [0, 0.05) is 24.2 Å². The van der Waals surface area contributed by atoms with Gasteiger partial charge in [0.2, 0.25) is 15.9 Å². The number of hydrogen-bond acceptors (Lipinski definition) is 4. The summed E-state index contributed by atoms with van der Waals surface area (Å²) in [5.41, 5.74) is 1.11. The lowest BCUT2D eigenvalue weighted by molar-refractivity contribution is -0.117. The normalized spacial score (nSPS) is 19.8. The molecule has 19 heavy (non-hydrogen) atoms. The van der Waals surface area contributed by atoms with Crippen molar-refractivity contribution >= 4 is 27.4 Å². The molecule has 0 aliphatic carbocycles. The molecule has 1 aromatic carbocycles. The lowest BCUT2D eigenvalue weighted by atomic mass is 10.1. The molecule has 0 aromatic heterocycles. The van der Waals surface area contributed by atoms with Crippen LogP contribution in [0.15, 0.2) is 24.3 Å². The molecule has 1 aliphatic rings. The Morgan fingerprint density at radius 2 is 1.89 bits per heavy atom. The maximum Gasteiger partial charge on any atom is 0.228 e. The van der Waals surface area contributed by atoms with E-state index in [-0.39, 0.29) is 24.7 Å². The number of hydrogen-bond donors (Lipinski definition) is 1. The van der Waals surface area contributed by atoms with E-state index in [0.717, 1.165) is 0 Å². The molecular formula is C12H14N2O4S. The van der Waals surface area contributed by atoms with Crippen LogP contribution in [0.3, 0.4) is 0 Å². The summed E-state index contributed by atoms with van der Waals surface area (Å²) in [5.74, 6) is -0.351. The Bertz CT molecular complexity index is 622. The highest BCUT2D eigenvalue weighted by molar-refractivity contribution is 7.89. The average molecular weight is 282 g/mol. The van der Waals surface area contributed by atoms with Crippen molar-refractivity contribution in [1.29, 1.82) is 0 Å². The third-order valence-electron chi connectivity index (χ3n) is 3.14. The SMILES string of the molecule is CC(=O)c1ccc(N2CC(S(N)(=O)=O)CC2=O)cc1. The van der Waals surface area contributed by atoms with E-state index in [0.29, 0.717) is 11.3 Å². The fourth-order valence-corrected chi connectivity index (χ4v) is 2.75. The molecule has 0 bridgehead atoms. The van der Waals surface area contributed by atoms with Gasteiger partial charge in [0.25, 0.3) is 0 Å². The quantitative estimate of drug-likeness (QED) is 0.805. The molecule has 102 valence electrons. The second-order valence-corrected chi connectivity index (χ2v) is 6.37. The number of sulfonamides is 1. The van der Waals surface area contributed by atoms with E-state index in [2.05, 4.69) is 0 Å². The van der Waals surface area contributed by atoms with Crippen LogP contribution in [-0.4, -0.2) is 31.9 Å². The van der Waals surface area contributed by atoms with Gasteiger partial charge in [0.1, 0.15) is 5.25 Å². The van der Waals surface area contributed by atoms with Gasteiger partial charge in [-0.3, -0.25) is 9.59 Å². The van der Waals surface area contributed by atoms with Crippen LogP contribution in [0.1, 0.15) is 23.7 Å². The second-order valence-electron chi connectivity index (χ2n) is 4.52. The van der Waals surface area contributed by atoms with Crippen LogP contribution in [0.5, 0.6) is 0 Å². The number of nitrogens with two attached hydrogens (primary N) is 1. The Balaban J connectivity index is 2.23. The molecule has 0 radical (unpaired) electrons. The van der Waals surface area contributed by atoms with Gasteiger partial charge in [0.05, 0.1) is 0 Å². The molecular weight excluding hydrogens is 268 g/mol. The summed E-state index contributed by atoms with van der Waals surface area (Å²) >= 11 is 0. The van der Waals surface area contributed by atoms with Crippen molar-refractivity contribution in [2.75, 3.05) is 11.4 Å². The number of nitrogens with zero attached hydrogens (tertiary/aromatic N) is 1. The summed E-state index contributed by atoms with van der Waals surface area (Å²) in [6, 6.07) is 6.46. The Morgan fingerprint density at radius 1 is 1.32 bits per heavy atom. The monoisotopic (exact) mass is 282 g/mol. The number of anilines is 1. The highest BCUT2D eigenvalue weighted by atomic mass is 32.2. The van der Waals surface area contributed by atoms with Gasteiger partial charge in [-0.2, -0.15) is 0 Å². The Hall–Kier alpha value is -1.73. The smallest absolute Gasteiger partial charge is 0.228 e. The zero-order valence-electron chi connectivity index (χ0n) is 10.4. The summed E-state index contributed by atoms with van der Waals surface area (Å²) in [5, 5.41) is 4.19. The zero-order chi connectivity index (χ0) is 14.2. The Labute approximate surface area is 111 Å². The van der Waals surface area contributed by atoms with Gasteiger partial charge in [-0.1, -0.05) is 0 Å². The first-order valence-corrected chi connectivity index (χ1v) is 7.33. The molecule has 2 rings (SSSR count). The molecule has 1 fully saturated rings. The molecule has 1 heterocycles. The number of rotatable bonds is 3. The molecule has 1 amide bonds. The van der Waals surface area contributed by atoms with Gasteiger partial charge in [-0.05, 0) is 31.2 Å². The van der Waals surface area contributed by atoms with E-state index in [1.54, 1.807) is 24.3 Å². The molecule has 7 heteroatoms. The summed E-state index contributed by atoms with van der Waals surface area (Å²) in [4.78, 5) is 24.3. The number of primary sulfonamides is 1. The maximum atomic E-state index is 11.8. The first kappa shape index (κ1) is 13.7. The minimum absolute atomic E-state index is 0.0527. The van der Waals surface area contributed by atoms with E-state index in [1.807, 2.05) is 0 Å². The van der Waals surface area contributed by atoms with Gasteiger partial charge in [-0.15, -0.1) is 0 Å². The zero-order valence-corrected chi connectivity index (χ0v) is 11.2. The molecule has 1 unspecified atom stereocenters. The van der Waals surface area contributed by atoms with Crippen LogP contribution in [-0.2, 0) is 14.8 Å². The van der Waals surface area contributed by atoms with Crippen molar-refractivity contribution in [3.8, 4) is 0 Å². The van der Waals surface area contributed by atoms with Crippen LogP contribution in [0.4, 0.5) is 5.69 Å². The molecule has 1 saturated heterocycles. The Kier molecular flexibility index (Phi) is 3.42. The number of benzene rings is 1. The number of ketones is 1. The van der Waals surface area contributed by atoms with E-state index in [4.69, 9.17) is 5.14 Å². The van der Waals surface area contributed by atoms with Crippen molar-refractivity contribution in [2.24, 2.45) is 5.14 Å². The van der Waals surface area contributed by atoms with Gasteiger partial charge in [0.15, 0.2) is 5.78 Å². The van der Waals surface area contributed by atoms with Crippen molar-refractivity contribution < 1.29 is 18.0 Å². The summed E-state index contributed by atoms with van der Waals surface area (Å²) < 4.78 is 22.5. The van der Waals surface area contributed by atoms with Crippen LogP contribution in [0.2, 0.25) is 0 Å². The number of amides is 1. The molecule has 1 aliphatic heterocycles. The van der Waals surface area contributed by atoms with Crippen LogP contribution >= 0.6 is 0 Å². The minimum atomic E-state index is -3.71. The van der Waals surface area contributed by atoms with Gasteiger partial charge >= 0.3 is 0 Å². The molecule has 2 N–H and O–H groups in total. The number of carbonyl (C=O) groups is 2. The highest BCUT2D eigenvalue weighted by Crippen LogP contribution is 2.24. The predicted octanol–water partition coefficient (Wildman–Crippen LogP) is 0.283. The molecule has 1 atom stereocenters. The summed E-state index contributed by atoms with van der Waals surface area (Å²) in [7, 11) is -3.71. The van der Waals surface area contributed by atoms with Crippen LogP contribution in [0.25, 0.3) is 0 Å². The molecule has 0 saturated carbocycles. The van der Waals surface area contributed by atoms with Crippen molar-refractivity contribution in [3.05, 3.63) is 29.8 Å². The van der Waals surface area contributed by atoms with Crippen molar-refractivity contribution in [1.82, 2.24) is 0 Å². The number of Topliss-reactive ketones (excluding diaryl/α,β-unsaturated/α-hetero) is 1. The third kappa shape index (κ3) is 2.82. The maximum absolute atomic E-state index is 11.8. The first-order chi connectivity index (χ1) is 8.79. The van der Waals surface area contributed by atoms with Gasteiger partial charge < -0.3 is 4.90 Å². The average Bonchev–Trinajstić information content (AvgIpc) is 2.71. The lowest BCUT2D eigenvalue weighted by Crippen LogP contribution is -2.32. The van der Waals surface area contributed by atoms with E-state index < -0.39 is 15.3 Å². The minimum Gasteiger partial charge on any atom is -0.311 e. The molecule has 1 aromatic rings. The van der Waals surface area contributed by atoms with E-state index >= 15 is 0 Å². The van der Waals surface area contributed by atoms with Crippen LogP contribution < -0.4 is 10.0 Å². The van der Waals surface area contributed by atoms with Crippen molar-refractivity contribution in [2.45, 2.75) is 18.6 Å². The predicted molar refractivity (Wildman–Crippen MR) is 70.3 cm³/mol. The largest absolute Gasteiger partial charge is 0.311 e. The third-order valence-corrected chi connectivity index (χ3v) is 4.38. The fourth-order valence-electron chi connectivity index (χ4n) is 2.02. The second kappa shape index (κ2) is 4.75. The lowest BCUT2D eigenvalue weighted by Gasteiger charge is -2.16. The first-order valence-electron chi connectivity index (χ1n) is 5.72. The highest BCUT2D eigenvalue weighted by Gasteiger charge is 2.37. The van der Waals surface area contributed by atoms with E-state index in [1.165, 1.54) is 11.8 Å². The van der Waals surface area contributed by atoms with Crippen molar-refractivity contribution in [3.63, 3.8) is 0 Å². The number of carbonyl (C=O) groups excluding carboxylic acids is 2. The molecule has 0 spiro atoms. The summed E-state index contributed by atoms with van der Waals surface area (Å²) in [6.45, 7) is 1.50. The summed E-state index contributed by atoms with van der Waals surface area (Å²) in [6.07, 6.45) is -0.104. The van der Waals surface area contributed by atoms with Gasteiger partial charge in [-0.25, -0.2) is 13.6 Å². The fraction of sp³-hybridized carbons (Fsp3) is 0.333. The molecule has 6 nitrogen and oxygen atoms in total. The van der Waals surface area contributed by atoms with E-state index in [9.17, 15) is 18.0 Å². The standard InChI is InChI=1S/C12H14N2O4S/c1-8(15)9-2-4-10(5-3-9)14-7-11(6-12(14)16)19(13,17)18/h2-5,11H,6-7H2,1H3,(H2,13,17,18). The topological polar surface area (TPSA) is 97.5 Å².